The quantitative estimate of drug-likeness (QED) is 0.801. The molecule has 1 saturated heterocycles. The van der Waals surface area contributed by atoms with E-state index in [4.69, 9.17) is 5.11 Å². The van der Waals surface area contributed by atoms with Gasteiger partial charge in [0.1, 0.15) is 0 Å². The van der Waals surface area contributed by atoms with E-state index in [1.165, 1.54) is 0 Å². The molecule has 0 amide bonds. The van der Waals surface area contributed by atoms with Crippen molar-refractivity contribution in [2.24, 2.45) is 11.8 Å². The van der Waals surface area contributed by atoms with Crippen LogP contribution >= 0.6 is 0 Å². The summed E-state index contributed by atoms with van der Waals surface area (Å²) < 4.78 is 39.0. The molecule has 7 heteroatoms. The molecule has 3 unspecified atom stereocenters. The van der Waals surface area contributed by atoms with Crippen molar-refractivity contribution in [1.82, 2.24) is 10.2 Å². The number of rotatable bonds is 2. The van der Waals surface area contributed by atoms with Gasteiger partial charge >= 0.3 is 12.1 Å². The molecule has 0 radical (unpaired) electrons. The highest BCUT2D eigenvalue weighted by molar-refractivity contribution is 5.70. The number of hydrogen-bond donors (Lipinski definition) is 2. The number of carbonyl (C=O) groups is 1. The van der Waals surface area contributed by atoms with Crippen molar-refractivity contribution in [2.75, 3.05) is 26.2 Å². The van der Waals surface area contributed by atoms with Crippen molar-refractivity contribution >= 4 is 5.97 Å². The third-order valence-corrected chi connectivity index (χ3v) is 4.23. The molecule has 1 aliphatic heterocycles. The molecule has 2 N–H and O–H groups in total. The summed E-state index contributed by atoms with van der Waals surface area (Å²) in [5.74, 6) is -4.31. The van der Waals surface area contributed by atoms with E-state index in [9.17, 15) is 18.0 Å². The average Bonchev–Trinajstić information content (AvgIpc) is 2.38. The van der Waals surface area contributed by atoms with Crippen LogP contribution in [-0.2, 0) is 4.79 Å². The molecule has 0 spiro atoms. The molecule has 1 aliphatic carbocycles. The van der Waals surface area contributed by atoms with E-state index in [0.29, 0.717) is 6.42 Å². The Kier molecular flexibility index (Phi) is 4.35. The Morgan fingerprint density at radius 1 is 1.21 bits per heavy atom. The van der Waals surface area contributed by atoms with Gasteiger partial charge in [-0.3, -0.25) is 9.69 Å². The third kappa shape index (κ3) is 3.39. The first kappa shape index (κ1) is 14.6. The highest BCUT2D eigenvalue weighted by atomic mass is 19.4. The Morgan fingerprint density at radius 2 is 1.84 bits per heavy atom. The first-order valence-corrected chi connectivity index (χ1v) is 6.64. The van der Waals surface area contributed by atoms with Gasteiger partial charge in [-0.15, -0.1) is 0 Å². The number of carboxylic acid groups (broad SMARTS) is 1. The predicted octanol–water partition coefficient (Wildman–Crippen LogP) is 1.32. The second kappa shape index (κ2) is 5.66. The smallest absolute Gasteiger partial charge is 0.392 e. The molecular weight excluding hydrogens is 261 g/mol. The molecule has 19 heavy (non-hydrogen) atoms. The standard InChI is InChI=1S/C12H19F3N2O2/c13-12(14,15)10-7-8(1-2-9(10)11(18)19)17-5-3-16-4-6-17/h8-10,16H,1-7H2,(H,18,19). The van der Waals surface area contributed by atoms with E-state index in [1.807, 2.05) is 0 Å². The van der Waals surface area contributed by atoms with Crippen LogP contribution < -0.4 is 5.32 Å². The van der Waals surface area contributed by atoms with E-state index in [0.717, 1.165) is 26.2 Å². The van der Waals surface area contributed by atoms with Crippen LogP contribution in [0.4, 0.5) is 13.2 Å². The van der Waals surface area contributed by atoms with Crippen LogP contribution in [0.2, 0.25) is 0 Å². The van der Waals surface area contributed by atoms with Gasteiger partial charge in [0.15, 0.2) is 0 Å². The van der Waals surface area contributed by atoms with Crippen LogP contribution in [0.5, 0.6) is 0 Å². The zero-order valence-corrected chi connectivity index (χ0v) is 10.6. The maximum absolute atomic E-state index is 13.0. The van der Waals surface area contributed by atoms with E-state index in [1.54, 1.807) is 0 Å². The van der Waals surface area contributed by atoms with Crippen molar-refractivity contribution in [3.05, 3.63) is 0 Å². The number of aliphatic carboxylic acids is 1. The molecule has 4 nitrogen and oxygen atoms in total. The summed E-state index contributed by atoms with van der Waals surface area (Å²) in [6.45, 7) is 3.06. The Labute approximate surface area is 110 Å². The fourth-order valence-electron chi connectivity index (χ4n) is 3.18. The van der Waals surface area contributed by atoms with Gasteiger partial charge in [-0.1, -0.05) is 0 Å². The molecule has 0 aromatic heterocycles. The minimum Gasteiger partial charge on any atom is -0.481 e. The molecule has 110 valence electrons. The summed E-state index contributed by atoms with van der Waals surface area (Å²) in [6.07, 6.45) is -3.84. The molecular formula is C12H19F3N2O2. The summed E-state index contributed by atoms with van der Waals surface area (Å²) in [5.41, 5.74) is 0. The molecule has 0 bridgehead atoms. The number of piperazine rings is 1. The normalized spacial score (nSPS) is 34.2. The van der Waals surface area contributed by atoms with Gasteiger partial charge in [0.05, 0.1) is 11.8 Å². The lowest BCUT2D eigenvalue weighted by atomic mass is 9.76. The summed E-state index contributed by atoms with van der Waals surface area (Å²) in [4.78, 5) is 13.0. The summed E-state index contributed by atoms with van der Waals surface area (Å²) in [5, 5.41) is 12.1. The summed E-state index contributed by atoms with van der Waals surface area (Å²) in [7, 11) is 0. The SMILES string of the molecule is O=C(O)C1CCC(N2CCNCC2)CC1C(F)(F)F. The van der Waals surface area contributed by atoms with Crippen LogP contribution in [0.1, 0.15) is 19.3 Å². The van der Waals surface area contributed by atoms with Gasteiger partial charge in [-0.2, -0.15) is 13.2 Å². The van der Waals surface area contributed by atoms with Crippen LogP contribution in [0, 0.1) is 11.8 Å². The van der Waals surface area contributed by atoms with Gasteiger partial charge in [-0.05, 0) is 19.3 Å². The maximum atomic E-state index is 13.0. The number of nitrogens with one attached hydrogen (secondary N) is 1. The van der Waals surface area contributed by atoms with E-state index in [-0.39, 0.29) is 18.9 Å². The van der Waals surface area contributed by atoms with Crippen molar-refractivity contribution in [1.29, 1.82) is 0 Å². The first-order valence-electron chi connectivity index (χ1n) is 6.64. The maximum Gasteiger partial charge on any atom is 0.392 e. The minimum absolute atomic E-state index is 0.0829. The summed E-state index contributed by atoms with van der Waals surface area (Å²) >= 11 is 0. The number of nitrogens with zero attached hydrogens (tertiary/aromatic N) is 1. The lowest BCUT2D eigenvalue weighted by Crippen LogP contribution is -2.52. The lowest BCUT2D eigenvalue weighted by molar-refractivity contribution is -0.208. The Bertz CT molecular complexity index is 329. The highest BCUT2D eigenvalue weighted by Gasteiger charge is 2.51. The highest BCUT2D eigenvalue weighted by Crippen LogP contribution is 2.42. The van der Waals surface area contributed by atoms with E-state index in [2.05, 4.69) is 10.2 Å². The molecule has 2 rings (SSSR count). The number of alkyl halides is 3. The van der Waals surface area contributed by atoms with Crippen LogP contribution in [0.25, 0.3) is 0 Å². The van der Waals surface area contributed by atoms with Gasteiger partial charge in [0, 0.05) is 32.2 Å². The van der Waals surface area contributed by atoms with E-state index < -0.39 is 24.0 Å². The van der Waals surface area contributed by atoms with Crippen LogP contribution in [-0.4, -0.2) is 54.4 Å². The largest absolute Gasteiger partial charge is 0.481 e. The minimum atomic E-state index is -4.42. The van der Waals surface area contributed by atoms with Crippen molar-refractivity contribution in [3.63, 3.8) is 0 Å². The van der Waals surface area contributed by atoms with Gasteiger partial charge in [-0.25, -0.2) is 0 Å². The zero-order chi connectivity index (χ0) is 14.0. The molecule has 1 heterocycles. The van der Waals surface area contributed by atoms with E-state index >= 15 is 0 Å². The van der Waals surface area contributed by atoms with Crippen molar-refractivity contribution in [2.45, 2.75) is 31.5 Å². The Hall–Kier alpha value is -0.820. The molecule has 0 aromatic rings. The number of carboxylic acids is 1. The third-order valence-electron chi connectivity index (χ3n) is 4.23. The fraction of sp³-hybridized carbons (Fsp3) is 0.917. The zero-order valence-electron chi connectivity index (χ0n) is 10.6. The number of hydrogen-bond acceptors (Lipinski definition) is 3. The van der Waals surface area contributed by atoms with Gasteiger partial charge in [0.25, 0.3) is 0 Å². The molecule has 2 aliphatic rings. The van der Waals surface area contributed by atoms with Gasteiger partial charge < -0.3 is 10.4 Å². The Morgan fingerprint density at radius 3 is 2.37 bits per heavy atom. The fourth-order valence-corrected chi connectivity index (χ4v) is 3.18. The monoisotopic (exact) mass is 280 g/mol. The molecule has 1 saturated carbocycles. The topological polar surface area (TPSA) is 52.6 Å². The molecule has 2 fully saturated rings. The number of halogens is 3. The van der Waals surface area contributed by atoms with Crippen molar-refractivity contribution < 1.29 is 23.1 Å². The second-order valence-corrected chi connectivity index (χ2v) is 5.35. The predicted molar refractivity (Wildman–Crippen MR) is 62.8 cm³/mol. The average molecular weight is 280 g/mol. The summed E-state index contributed by atoms with van der Waals surface area (Å²) in [6, 6.07) is -0.135. The lowest BCUT2D eigenvalue weighted by Gasteiger charge is -2.42. The van der Waals surface area contributed by atoms with Crippen LogP contribution in [0.3, 0.4) is 0 Å². The Balaban J connectivity index is 2.05. The molecule has 3 atom stereocenters. The van der Waals surface area contributed by atoms with Crippen molar-refractivity contribution in [3.8, 4) is 0 Å². The molecule has 0 aromatic carbocycles. The van der Waals surface area contributed by atoms with Gasteiger partial charge in [0.2, 0.25) is 0 Å². The second-order valence-electron chi connectivity index (χ2n) is 5.35. The van der Waals surface area contributed by atoms with Crippen LogP contribution in [0.15, 0.2) is 0 Å². The first-order chi connectivity index (χ1) is 8.89.